The standard InChI is InChI=1S/C20H20BrN7/c1-27-11-17(14-3-2-4-15(21)9-14)25-19(27)13-5-7-28(8-6-13)20-16-10-24-26-18(16)22-12-23-20/h2-4,9-13H,5-8H2,1H3,(H,22,23,24,26). The fourth-order valence-corrected chi connectivity index (χ4v) is 4.40. The average molecular weight is 438 g/mol. The van der Waals surface area contributed by atoms with Gasteiger partial charge in [-0.15, -0.1) is 0 Å². The molecule has 1 N–H and O–H groups in total. The van der Waals surface area contributed by atoms with Gasteiger partial charge in [0.05, 0.1) is 17.3 Å². The number of fused-ring (bicyclic) bond motifs is 1. The molecule has 1 fully saturated rings. The van der Waals surface area contributed by atoms with Crippen LogP contribution in [0.4, 0.5) is 5.82 Å². The van der Waals surface area contributed by atoms with Crippen LogP contribution in [0.5, 0.6) is 0 Å². The van der Waals surface area contributed by atoms with Crippen molar-refractivity contribution in [1.29, 1.82) is 0 Å². The van der Waals surface area contributed by atoms with Gasteiger partial charge in [0.15, 0.2) is 5.65 Å². The van der Waals surface area contributed by atoms with Gasteiger partial charge in [0, 0.05) is 42.3 Å². The molecule has 8 heteroatoms. The van der Waals surface area contributed by atoms with Crippen molar-refractivity contribution in [2.45, 2.75) is 18.8 Å². The minimum Gasteiger partial charge on any atom is -0.356 e. The molecule has 1 aromatic carbocycles. The first kappa shape index (κ1) is 17.4. The number of hydrogen-bond acceptors (Lipinski definition) is 5. The lowest BCUT2D eigenvalue weighted by Gasteiger charge is -2.32. The maximum absolute atomic E-state index is 4.97. The summed E-state index contributed by atoms with van der Waals surface area (Å²) < 4.78 is 3.25. The second-order valence-electron chi connectivity index (χ2n) is 7.20. The summed E-state index contributed by atoms with van der Waals surface area (Å²) in [6.07, 6.45) is 7.63. The highest BCUT2D eigenvalue weighted by molar-refractivity contribution is 9.10. The maximum atomic E-state index is 4.97. The highest BCUT2D eigenvalue weighted by Crippen LogP contribution is 2.32. The smallest absolute Gasteiger partial charge is 0.160 e. The van der Waals surface area contributed by atoms with E-state index in [0.717, 1.165) is 64.3 Å². The van der Waals surface area contributed by atoms with Crippen LogP contribution in [0.2, 0.25) is 0 Å². The number of imidazole rings is 1. The van der Waals surface area contributed by atoms with E-state index in [9.17, 15) is 0 Å². The number of piperidine rings is 1. The van der Waals surface area contributed by atoms with Crippen molar-refractivity contribution in [2.24, 2.45) is 7.05 Å². The van der Waals surface area contributed by atoms with Gasteiger partial charge in [0.25, 0.3) is 0 Å². The Labute approximate surface area is 171 Å². The molecule has 3 aromatic heterocycles. The van der Waals surface area contributed by atoms with Crippen LogP contribution in [0.15, 0.2) is 47.5 Å². The van der Waals surface area contributed by atoms with E-state index in [2.05, 4.69) is 70.9 Å². The van der Waals surface area contributed by atoms with Crippen LogP contribution < -0.4 is 4.90 Å². The molecular formula is C20H20BrN7. The third-order valence-corrected chi connectivity index (χ3v) is 5.91. The molecule has 1 saturated heterocycles. The summed E-state index contributed by atoms with van der Waals surface area (Å²) in [5.41, 5.74) is 2.95. The largest absolute Gasteiger partial charge is 0.356 e. The number of aryl methyl sites for hydroxylation is 1. The molecule has 4 aromatic rings. The van der Waals surface area contributed by atoms with E-state index >= 15 is 0 Å². The molecule has 0 saturated carbocycles. The lowest BCUT2D eigenvalue weighted by atomic mass is 9.96. The van der Waals surface area contributed by atoms with Gasteiger partial charge in [-0.05, 0) is 25.0 Å². The fourth-order valence-electron chi connectivity index (χ4n) is 4.00. The van der Waals surface area contributed by atoms with Crippen LogP contribution in [-0.4, -0.2) is 42.8 Å². The molecule has 1 aliphatic rings. The Balaban J connectivity index is 1.35. The van der Waals surface area contributed by atoms with Crippen molar-refractivity contribution >= 4 is 32.8 Å². The molecule has 5 rings (SSSR count). The van der Waals surface area contributed by atoms with Gasteiger partial charge < -0.3 is 9.47 Å². The van der Waals surface area contributed by atoms with Crippen molar-refractivity contribution in [1.82, 2.24) is 29.7 Å². The molecule has 28 heavy (non-hydrogen) atoms. The van der Waals surface area contributed by atoms with E-state index in [-0.39, 0.29) is 0 Å². The number of hydrogen-bond donors (Lipinski definition) is 1. The van der Waals surface area contributed by atoms with E-state index in [0.29, 0.717) is 5.92 Å². The predicted molar refractivity (Wildman–Crippen MR) is 112 cm³/mol. The number of aromatic amines is 1. The molecule has 1 aliphatic heterocycles. The van der Waals surface area contributed by atoms with Crippen LogP contribution in [0.1, 0.15) is 24.6 Å². The topological polar surface area (TPSA) is 75.5 Å². The molecule has 0 aliphatic carbocycles. The number of H-pyrrole nitrogens is 1. The first-order valence-electron chi connectivity index (χ1n) is 9.37. The van der Waals surface area contributed by atoms with Crippen LogP contribution in [0, 0.1) is 0 Å². The van der Waals surface area contributed by atoms with Gasteiger partial charge in [-0.25, -0.2) is 15.0 Å². The second kappa shape index (κ2) is 7.01. The number of benzene rings is 1. The van der Waals surface area contributed by atoms with Crippen molar-refractivity contribution < 1.29 is 0 Å². The van der Waals surface area contributed by atoms with Gasteiger partial charge in [-0.3, -0.25) is 5.10 Å². The third kappa shape index (κ3) is 3.07. The number of aromatic nitrogens is 6. The highest BCUT2D eigenvalue weighted by Gasteiger charge is 2.26. The van der Waals surface area contributed by atoms with Crippen LogP contribution in [0.3, 0.4) is 0 Å². The highest BCUT2D eigenvalue weighted by atomic mass is 79.9. The molecule has 0 radical (unpaired) electrons. The van der Waals surface area contributed by atoms with Gasteiger partial charge in [0.1, 0.15) is 18.0 Å². The minimum atomic E-state index is 0.448. The number of nitrogens with one attached hydrogen (secondary N) is 1. The maximum Gasteiger partial charge on any atom is 0.160 e. The SMILES string of the molecule is Cn1cc(-c2cccc(Br)c2)nc1C1CCN(c2ncnc3[nH]ncc23)CC1. The molecular weight excluding hydrogens is 418 g/mol. The number of anilines is 1. The first-order chi connectivity index (χ1) is 13.7. The molecule has 7 nitrogen and oxygen atoms in total. The third-order valence-electron chi connectivity index (χ3n) is 5.42. The van der Waals surface area contributed by atoms with Crippen molar-refractivity contribution in [3.05, 3.63) is 53.3 Å². The molecule has 0 amide bonds. The zero-order valence-electron chi connectivity index (χ0n) is 15.5. The van der Waals surface area contributed by atoms with Crippen molar-refractivity contribution in [3.8, 4) is 11.3 Å². The molecule has 0 atom stereocenters. The fraction of sp³-hybridized carbons (Fsp3) is 0.300. The molecule has 0 bridgehead atoms. The monoisotopic (exact) mass is 437 g/mol. The summed E-state index contributed by atoms with van der Waals surface area (Å²) in [6.45, 7) is 1.89. The Morgan fingerprint density at radius 1 is 1.18 bits per heavy atom. The van der Waals surface area contributed by atoms with Crippen molar-refractivity contribution in [3.63, 3.8) is 0 Å². The summed E-state index contributed by atoms with van der Waals surface area (Å²) in [5, 5.41) is 8.00. The Kier molecular flexibility index (Phi) is 4.35. The van der Waals surface area contributed by atoms with E-state index in [1.54, 1.807) is 12.5 Å². The van der Waals surface area contributed by atoms with E-state index in [1.807, 2.05) is 12.1 Å². The van der Waals surface area contributed by atoms with Gasteiger partial charge >= 0.3 is 0 Å². The molecule has 4 heterocycles. The van der Waals surface area contributed by atoms with Crippen molar-refractivity contribution in [2.75, 3.05) is 18.0 Å². The lowest BCUT2D eigenvalue weighted by molar-refractivity contribution is 0.474. The molecule has 142 valence electrons. The summed E-state index contributed by atoms with van der Waals surface area (Å²) >= 11 is 3.55. The first-order valence-corrected chi connectivity index (χ1v) is 10.2. The Hall–Kier alpha value is -2.74. The summed E-state index contributed by atoms with van der Waals surface area (Å²) in [6, 6.07) is 8.29. The van der Waals surface area contributed by atoms with E-state index in [4.69, 9.17) is 4.98 Å². The van der Waals surface area contributed by atoms with Gasteiger partial charge in [-0.2, -0.15) is 5.10 Å². The zero-order valence-corrected chi connectivity index (χ0v) is 17.1. The van der Waals surface area contributed by atoms with E-state index < -0.39 is 0 Å². The summed E-state index contributed by atoms with van der Waals surface area (Å²) in [7, 11) is 2.09. The van der Waals surface area contributed by atoms with Gasteiger partial charge in [-0.1, -0.05) is 28.1 Å². The molecule has 0 unspecified atom stereocenters. The summed E-state index contributed by atoms with van der Waals surface area (Å²) in [4.78, 5) is 16.0. The van der Waals surface area contributed by atoms with Gasteiger partial charge in [0.2, 0.25) is 0 Å². The van der Waals surface area contributed by atoms with E-state index in [1.165, 1.54) is 0 Å². The molecule has 0 spiro atoms. The predicted octanol–water partition coefficient (Wildman–Crippen LogP) is 3.90. The average Bonchev–Trinajstić information content (AvgIpc) is 3.34. The lowest BCUT2D eigenvalue weighted by Crippen LogP contribution is -2.34. The minimum absolute atomic E-state index is 0.448. The second-order valence-corrected chi connectivity index (χ2v) is 8.11. The van der Waals surface area contributed by atoms with Crippen LogP contribution in [0.25, 0.3) is 22.3 Å². The van der Waals surface area contributed by atoms with Crippen LogP contribution >= 0.6 is 15.9 Å². The summed E-state index contributed by atoms with van der Waals surface area (Å²) in [5.74, 6) is 2.57. The quantitative estimate of drug-likeness (QED) is 0.525. The Morgan fingerprint density at radius 2 is 2.04 bits per heavy atom. The number of nitrogens with zero attached hydrogens (tertiary/aromatic N) is 6. The Morgan fingerprint density at radius 3 is 2.86 bits per heavy atom. The van der Waals surface area contributed by atoms with Crippen LogP contribution in [-0.2, 0) is 7.05 Å². The number of rotatable bonds is 3. The normalized spacial score (nSPS) is 15.4. The number of halogens is 1. The zero-order chi connectivity index (χ0) is 19.1. The Bertz CT molecular complexity index is 1120.